The fourth-order valence-electron chi connectivity index (χ4n) is 2.02. The summed E-state index contributed by atoms with van der Waals surface area (Å²) in [6, 6.07) is 9.82. The molecule has 0 aliphatic heterocycles. The average molecular weight is 360 g/mol. The van der Waals surface area contributed by atoms with Gasteiger partial charge in [-0.3, -0.25) is 10.1 Å². The van der Waals surface area contributed by atoms with Crippen LogP contribution >= 0.6 is 23.1 Å². The minimum atomic E-state index is -0.333. The number of aryl methyl sites for hydroxylation is 1. The highest BCUT2D eigenvalue weighted by molar-refractivity contribution is 8.00. The molecular formula is C15H16N6OS2. The van der Waals surface area contributed by atoms with Crippen molar-refractivity contribution in [1.29, 1.82) is 0 Å². The van der Waals surface area contributed by atoms with Gasteiger partial charge in [-0.05, 0) is 13.8 Å². The molecule has 3 aromatic rings. The molecule has 1 atom stereocenters. The molecule has 2 aromatic heterocycles. The summed E-state index contributed by atoms with van der Waals surface area (Å²) in [4.78, 5) is 12.3. The highest BCUT2D eigenvalue weighted by Crippen LogP contribution is 2.26. The Bertz CT molecular complexity index is 845. The van der Waals surface area contributed by atoms with Gasteiger partial charge in [0.15, 0.2) is 11.0 Å². The molecule has 0 saturated carbocycles. The molecule has 0 bridgehead atoms. The van der Waals surface area contributed by atoms with Gasteiger partial charge in [0.25, 0.3) is 0 Å². The van der Waals surface area contributed by atoms with E-state index >= 15 is 0 Å². The molecule has 124 valence electrons. The maximum atomic E-state index is 12.3. The molecule has 0 saturated heterocycles. The van der Waals surface area contributed by atoms with Crippen molar-refractivity contribution < 1.29 is 4.79 Å². The van der Waals surface area contributed by atoms with Crippen LogP contribution in [0.5, 0.6) is 0 Å². The molecule has 0 radical (unpaired) electrons. The summed E-state index contributed by atoms with van der Waals surface area (Å²) in [5.41, 5.74) is 0.987. The van der Waals surface area contributed by atoms with E-state index in [9.17, 15) is 4.79 Å². The second-order valence-electron chi connectivity index (χ2n) is 5.11. The van der Waals surface area contributed by atoms with Gasteiger partial charge in [-0.2, -0.15) is 0 Å². The number of nitrogens with one attached hydrogen (secondary N) is 1. The number of thioether (sulfide) groups is 1. The number of carbonyl (C=O) groups is 1. The molecule has 0 aliphatic carbocycles. The lowest BCUT2D eigenvalue weighted by Crippen LogP contribution is -2.22. The number of anilines is 1. The molecule has 7 nitrogen and oxygen atoms in total. The molecule has 0 fully saturated rings. The van der Waals surface area contributed by atoms with Gasteiger partial charge >= 0.3 is 0 Å². The molecule has 9 heteroatoms. The van der Waals surface area contributed by atoms with Crippen molar-refractivity contribution >= 4 is 34.1 Å². The smallest absolute Gasteiger partial charge is 0.239 e. The molecule has 0 aliphatic rings. The van der Waals surface area contributed by atoms with Gasteiger partial charge in [0, 0.05) is 12.6 Å². The number of hydrogen-bond acceptors (Lipinski definition) is 7. The summed E-state index contributed by atoms with van der Waals surface area (Å²) in [6.07, 6.45) is 0. The zero-order chi connectivity index (χ0) is 17.1. The summed E-state index contributed by atoms with van der Waals surface area (Å²) < 4.78 is 1.89. The zero-order valence-corrected chi connectivity index (χ0v) is 15.1. The quantitative estimate of drug-likeness (QED) is 0.704. The SMILES string of the molecule is Cc1nnc(NC(=O)[C@H](C)Sc2nnc(-c3ccccc3)n2C)s1. The predicted molar refractivity (Wildman–Crippen MR) is 95.0 cm³/mol. The third-order valence-electron chi connectivity index (χ3n) is 3.27. The Labute approximate surface area is 147 Å². The molecule has 3 rings (SSSR count). The Balaban J connectivity index is 1.69. The molecule has 0 spiro atoms. The Morgan fingerprint density at radius 2 is 1.96 bits per heavy atom. The van der Waals surface area contributed by atoms with Crippen LogP contribution in [0.3, 0.4) is 0 Å². The van der Waals surface area contributed by atoms with Gasteiger partial charge in [0.1, 0.15) is 5.01 Å². The first kappa shape index (κ1) is 16.6. The standard InChI is InChI=1S/C15H16N6OS2/c1-9(13(22)16-14-19-17-10(2)24-14)23-15-20-18-12(21(15)3)11-7-5-4-6-8-11/h4-9H,1-3H3,(H,16,19,22)/t9-/m0/s1. The van der Waals surface area contributed by atoms with E-state index in [0.29, 0.717) is 10.3 Å². The maximum absolute atomic E-state index is 12.3. The van der Waals surface area contributed by atoms with Crippen molar-refractivity contribution in [1.82, 2.24) is 25.0 Å². The fourth-order valence-corrected chi connectivity index (χ4v) is 3.43. The first-order chi connectivity index (χ1) is 11.5. The van der Waals surface area contributed by atoms with E-state index < -0.39 is 0 Å². The Hall–Kier alpha value is -2.26. The van der Waals surface area contributed by atoms with Crippen molar-refractivity contribution in [3.05, 3.63) is 35.3 Å². The van der Waals surface area contributed by atoms with Gasteiger partial charge in [0.05, 0.1) is 5.25 Å². The number of nitrogens with zero attached hydrogens (tertiary/aromatic N) is 5. The van der Waals surface area contributed by atoms with Gasteiger partial charge in [-0.15, -0.1) is 20.4 Å². The van der Waals surface area contributed by atoms with Crippen molar-refractivity contribution in [2.45, 2.75) is 24.3 Å². The first-order valence-electron chi connectivity index (χ1n) is 7.27. The van der Waals surface area contributed by atoms with E-state index in [2.05, 4.69) is 25.7 Å². The summed E-state index contributed by atoms with van der Waals surface area (Å²) in [5.74, 6) is 0.630. The van der Waals surface area contributed by atoms with Crippen molar-refractivity contribution in [2.75, 3.05) is 5.32 Å². The zero-order valence-electron chi connectivity index (χ0n) is 13.4. The summed E-state index contributed by atoms with van der Waals surface area (Å²) in [6.45, 7) is 3.67. The average Bonchev–Trinajstić information content (AvgIpc) is 3.14. The lowest BCUT2D eigenvalue weighted by atomic mass is 10.2. The van der Waals surface area contributed by atoms with E-state index in [4.69, 9.17) is 0 Å². The highest BCUT2D eigenvalue weighted by Gasteiger charge is 2.20. The number of hydrogen-bond donors (Lipinski definition) is 1. The summed E-state index contributed by atoms with van der Waals surface area (Å²) >= 11 is 2.70. The third-order valence-corrected chi connectivity index (χ3v) is 5.16. The molecule has 1 amide bonds. The molecule has 1 N–H and O–H groups in total. The van der Waals surface area contributed by atoms with Crippen LogP contribution in [0.25, 0.3) is 11.4 Å². The minimum absolute atomic E-state index is 0.139. The largest absolute Gasteiger partial charge is 0.305 e. The van der Waals surface area contributed by atoms with Crippen LogP contribution in [-0.4, -0.2) is 36.1 Å². The number of carbonyl (C=O) groups excluding carboxylic acids is 1. The van der Waals surface area contributed by atoms with E-state index in [1.165, 1.54) is 23.1 Å². The molecular weight excluding hydrogens is 344 g/mol. The molecule has 2 heterocycles. The third kappa shape index (κ3) is 3.62. The second kappa shape index (κ2) is 7.10. The van der Waals surface area contributed by atoms with E-state index in [1.807, 2.05) is 55.8 Å². The topological polar surface area (TPSA) is 85.6 Å². The van der Waals surface area contributed by atoms with Crippen LogP contribution in [0.1, 0.15) is 11.9 Å². The fraction of sp³-hybridized carbons (Fsp3) is 0.267. The molecule has 0 unspecified atom stereocenters. The van der Waals surface area contributed by atoms with Crippen LogP contribution < -0.4 is 5.32 Å². The minimum Gasteiger partial charge on any atom is -0.305 e. The van der Waals surface area contributed by atoms with Crippen LogP contribution in [0.15, 0.2) is 35.5 Å². The summed E-state index contributed by atoms with van der Waals surface area (Å²) in [7, 11) is 1.89. The van der Waals surface area contributed by atoms with Gasteiger partial charge in [-0.1, -0.05) is 53.4 Å². The number of benzene rings is 1. The Kier molecular flexibility index (Phi) is 4.91. The van der Waals surface area contributed by atoms with Crippen molar-refractivity contribution in [2.24, 2.45) is 7.05 Å². The normalized spacial score (nSPS) is 12.1. The van der Waals surface area contributed by atoms with E-state index in [-0.39, 0.29) is 11.2 Å². The number of amides is 1. The van der Waals surface area contributed by atoms with Crippen LogP contribution in [0, 0.1) is 6.92 Å². The lowest BCUT2D eigenvalue weighted by Gasteiger charge is -2.09. The van der Waals surface area contributed by atoms with Gasteiger partial charge in [0.2, 0.25) is 11.0 Å². The molecule has 1 aromatic carbocycles. The Morgan fingerprint density at radius 3 is 2.62 bits per heavy atom. The van der Waals surface area contributed by atoms with E-state index in [0.717, 1.165) is 16.4 Å². The predicted octanol–water partition coefficient (Wildman–Crippen LogP) is 2.76. The first-order valence-corrected chi connectivity index (χ1v) is 8.96. The monoisotopic (exact) mass is 360 g/mol. The number of rotatable bonds is 5. The van der Waals surface area contributed by atoms with Crippen molar-refractivity contribution in [3.63, 3.8) is 0 Å². The van der Waals surface area contributed by atoms with Gasteiger partial charge < -0.3 is 4.57 Å². The van der Waals surface area contributed by atoms with Crippen LogP contribution in [0.2, 0.25) is 0 Å². The Morgan fingerprint density at radius 1 is 1.21 bits per heavy atom. The van der Waals surface area contributed by atoms with Crippen molar-refractivity contribution in [3.8, 4) is 11.4 Å². The number of aromatic nitrogens is 5. The highest BCUT2D eigenvalue weighted by atomic mass is 32.2. The second-order valence-corrected chi connectivity index (χ2v) is 7.60. The van der Waals surface area contributed by atoms with E-state index in [1.54, 1.807) is 0 Å². The maximum Gasteiger partial charge on any atom is 0.239 e. The van der Waals surface area contributed by atoms with Gasteiger partial charge in [-0.25, -0.2) is 0 Å². The van der Waals surface area contributed by atoms with Crippen LogP contribution in [-0.2, 0) is 11.8 Å². The molecule has 24 heavy (non-hydrogen) atoms. The lowest BCUT2D eigenvalue weighted by molar-refractivity contribution is -0.115. The van der Waals surface area contributed by atoms with Crippen LogP contribution in [0.4, 0.5) is 5.13 Å². The summed E-state index contributed by atoms with van der Waals surface area (Å²) in [5, 5.41) is 20.6.